The Morgan fingerprint density at radius 2 is 2.16 bits per heavy atom. The molecule has 0 saturated carbocycles. The van der Waals surface area contributed by atoms with E-state index in [1.165, 1.54) is 25.1 Å². The third-order valence-electron chi connectivity index (χ3n) is 2.35. The summed E-state index contributed by atoms with van der Waals surface area (Å²) in [4.78, 5) is 23.2. The third-order valence-corrected chi connectivity index (χ3v) is 2.85. The van der Waals surface area contributed by atoms with Crippen molar-refractivity contribution in [3.63, 3.8) is 0 Å². The largest absolute Gasteiger partial charge is 0.449 e. The van der Waals surface area contributed by atoms with Gasteiger partial charge in [0.1, 0.15) is 5.82 Å². The molecule has 1 amide bonds. The maximum Gasteiger partial charge on any atom is 0.341 e. The monoisotopic (exact) mass is 331 g/mol. The fourth-order valence-corrected chi connectivity index (χ4v) is 1.66. The van der Waals surface area contributed by atoms with E-state index in [4.69, 9.17) is 4.74 Å². The van der Waals surface area contributed by atoms with E-state index in [0.717, 1.165) is 6.42 Å². The van der Waals surface area contributed by atoms with Crippen molar-refractivity contribution in [2.75, 3.05) is 6.54 Å². The fraction of sp³-hybridized carbons (Fsp3) is 0.385. The molecule has 19 heavy (non-hydrogen) atoms. The topological polar surface area (TPSA) is 55.4 Å². The van der Waals surface area contributed by atoms with Gasteiger partial charge in [0.25, 0.3) is 5.91 Å². The van der Waals surface area contributed by atoms with Crippen LogP contribution >= 0.6 is 15.9 Å². The summed E-state index contributed by atoms with van der Waals surface area (Å²) in [6.45, 7) is 3.86. The van der Waals surface area contributed by atoms with Crippen LogP contribution in [-0.4, -0.2) is 24.5 Å². The molecule has 1 aromatic carbocycles. The number of esters is 1. The number of ether oxygens (including phenoxy) is 1. The molecule has 4 nitrogen and oxygen atoms in total. The van der Waals surface area contributed by atoms with Gasteiger partial charge in [-0.25, -0.2) is 9.18 Å². The van der Waals surface area contributed by atoms with Gasteiger partial charge in [-0.3, -0.25) is 4.79 Å². The normalized spacial score (nSPS) is 11.8. The van der Waals surface area contributed by atoms with Crippen molar-refractivity contribution in [3.05, 3.63) is 34.1 Å². The zero-order valence-corrected chi connectivity index (χ0v) is 12.3. The summed E-state index contributed by atoms with van der Waals surface area (Å²) in [5, 5.41) is 2.60. The van der Waals surface area contributed by atoms with Crippen LogP contribution in [0.4, 0.5) is 4.39 Å². The highest BCUT2D eigenvalue weighted by Gasteiger charge is 2.20. The summed E-state index contributed by atoms with van der Waals surface area (Å²) in [6.07, 6.45) is -0.171. The van der Waals surface area contributed by atoms with Crippen molar-refractivity contribution < 1.29 is 18.7 Å². The van der Waals surface area contributed by atoms with Gasteiger partial charge in [-0.1, -0.05) is 22.9 Å². The zero-order valence-electron chi connectivity index (χ0n) is 10.7. The average Bonchev–Trinajstić information content (AvgIpc) is 2.35. The smallest absolute Gasteiger partial charge is 0.341 e. The molecule has 1 aromatic rings. The van der Waals surface area contributed by atoms with Gasteiger partial charge in [-0.15, -0.1) is 0 Å². The molecular formula is C13H15BrFNO3. The summed E-state index contributed by atoms with van der Waals surface area (Å²) in [5.74, 6) is -1.95. The molecule has 104 valence electrons. The summed E-state index contributed by atoms with van der Waals surface area (Å²) >= 11 is 3.09. The standard InChI is InChI=1S/C13H15BrFNO3/c1-3-6-16-12(17)8(2)19-13(18)10-5-4-9(14)7-11(10)15/h4-5,7-8H,3,6H2,1-2H3,(H,16,17)/t8-/m0/s1. The molecule has 1 atom stereocenters. The van der Waals surface area contributed by atoms with E-state index < -0.39 is 23.8 Å². The van der Waals surface area contributed by atoms with Crippen LogP contribution < -0.4 is 5.32 Å². The number of amides is 1. The molecular weight excluding hydrogens is 317 g/mol. The first-order valence-corrected chi connectivity index (χ1v) is 6.68. The molecule has 0 aliphatic rings. The van der Waals surface area contributed by atoms with Gasteiger partial charge in [0.05, 0.1) is 5.56 Å². The van der Waals surface area contributed by atoms with Crippen LogP contribution in [0.2, 0.25) is 0 Å². The molecule has 0 fully saturated rings. The number of carbonyl (C=O) groups excluding carboxylic acids is 2. The summed E-state index contributed by atoms with van der Waals surface area (Å²) in [5.41, 5.74) is -0.196. The lowest BCUT2D eigenvalue weighted by atomic mass is 10.2. The van der Waals surface area contributed by atoms with Crippen LogP contribution in [-0.2, 0) is 9.53 Å². The quantitative estimate of drug-likeness (QED) is 0.844. The summed E-state index contributed by atoms with van der Waals surface area (Å²) in [6, 6.07) is 4.00. The SMILES string of the molecule is CCCNC(=O)[C@H](C)OC(=O)c1ccc(Br)cc1F. The van der Waals surface area contributed by atoms with E-state index in [9.17, 15) is 14.0 Å². The molecule has 0 aliphatic heterocycles. The number of carbonyl (C=O) groups is 2. The first-order valence-electron chi connectivity index (χ1n) is 5.89. The van der Waals surface area contributed by atoms with Gasteiger partial charge in [0, 0.05) is 11.0 Å². The van der Waals surface area contributed by atoms with Crippen molar-refractivity contribution in [2.45, 2.75) is 26.4 Å². The Labute approximate surface area is 119 Å². The van der Waals surface area contributed by atoms with Gasteiger partial charge >= 0.3 is 5.97 Å². The molecule has 0 heterocycles. The number of hydrogen-bond acceptors (Lipinski definition) is 3. The van der Waals surface area contributed by atoms with E-state index in [0.29, 0.717) is 11.0 Å². The minimum Gasteiger partial charge on any atom is -0.449 e. The molecule has 6 heteroatoms. The highest BCUT2D eigenvalue weighted by molar-refractivity contribution is 9.10. The van der Waals surface area contributed by atoms with Crippen molar-refractivity contribution in [1.29, 1.82) is 0 Å². The fourth-order valence-electron chi connectivity index (χ4n) is 1.32. The van der Waals surface area contributed by atoms with Crippen LogP contribution in [0.15, 0.2) is 22.7 Å². The van der Waals surface area contributed by atoms with E-state index in [-0.39, 0.29) is 5.56 Å². The molecule has 1 N–H and O–H groups in total. The molecule has 0 saturated heterocycles. The highest BCUT2D eigenvalue weighted by Crippen LogP contribution is 2.16. The maximum atomic E-state index is 13.5. The molecule has 0 radical (unpaired) electrons. The molecule has 0 spiro atoms. The van der Waals surface area contributed by atoms with Crippen molar-refractivity contribution in [1.82, 2.24) is 5.32 Å². The number of halogens is 2. The molecule has 0 unspecified atom stereocenters. The third kappa shape index (κ3) is 4.63. The number of nitrogens with one attached hydrogen (secondary N) is 1. The second kappa shape index (κ2) is 7.23. The van der Waals surface area contributed by atoms with Crippen LogP contribution in [0.3, 0.4) is 0 Å². The van der Waals surface area contributed by atoms with Gasteiger partial charge in [-0.05, 0) is 31.5 Å². The average molecular weight is 332 g/mol. The zero-order chi connectivity index (χ0) is 14.4. The van der Waals surface area contributed by atoms with Crippen LogP contribution in [0.5, 0.6) is 0 Å². The van der Waals surface area contributed by atoms with E-state index in [1.54, 1.807) is 0 Å². The van der Waals surface area contributed by atoms with Crippen molar-refractivity contribution in [3.8, 4) is 0 Å². The first kappa shape index (κ1) is 15.6. The Kier molecular flexibility index (Phi) is 5.95. The molecule has 0 aromatic heterocycles. The van der Waals surface area contributed by atoms with Crippen LogP contribution in [0.25, 0.3) is 0 Å². The second-order valence-corrected chi connectivity index (χ2v) is 4.88. The van der Waals surface area contributed by atoms with Crippen LogP contribution in [0, 0.1) is 5.82 Å². The number of hydrogen-bond donors (Lipinski definition) is 1. The van der Waals surface area contributed by atoms with Crippen molar-refractivity contribution in [2.24, 2.45) is 0 Å². The Morgan fingerprint density at radius 1 is 1.47 bits per heavy atom. The van der Waals surface area contributed by atoms with Gasteiger partial charge in [-0.2, -0.15) is 0 Å². The minimum atomic E-state index is -0.956. The Hall–Kier alpha value is -1.43. The van der Waals surface area contributed by atoms with Gasteiger partial charge in [0.2, 0.25) is 0 Å². The van der Waals surface area contributed by atoms with Gasteiger partial charge < -0.3 is 10.1 Å². The van der Waals surface area contributed by atoms with E-state index in [1.807, 2.05) is 6.92 Å². The first-order chi connectivity index (χ1) is 8.95. The molecule has 1 rings (SSSR count). The number of benzene rings is 1. The van der Waals surface area contributed by atoms with Crippen molar-refractivity contribution >= 4 is 27.8 Å². The molecule has 0 aliphatic carbocycles. The number of rotatable bonds is 5. The van der Waals surface area contributed by atoms with E-state index in [2.05, 4.69) is 21.2 Å². The second-order valence-electron chi connectivity index (χ2n) is 3.96. The van der Waals surface area contributed by atoms with E-state index >= 15 is 0 Å². The highest BCUT2D eigenvalue weighted by atomic mass is 79.9. The van der Waals surface area contributed by atoms with Crippen LogP contribution in [0.1, 0.15) is 30.6 Å². The lowest BCUT2D eigenvalue weighted by molar-refractivity contribution is -0.129. The Balaban J connectivity index is 2.66. The molecule has 0 bridgehead atoms. The predicted octanol–water partition coefficient (Wildman–Crippen LogP) is 2.66. The Bertz CT molecular complexity index is 479. The predicted molar refractivity (Wildman–Crippen MR) is 72.3 cm³/mol. The summed E-state index contributed by atoms with van der Waals surface area (Å²) < 4.78 is 19.0. The minimum absolute atomic E-state index is 0.196. The lowest BCUT2D eigenvalue weighted by Gasteiger charge is -2.13. The summed E-state index contributed by atoms with van der Waals surface area (Å²) in [7, 11) is 0. The maximum absolute atomic E-state index is 13.5. The Morgan fingerprint density at radius 3 is 2.74 bits per heavy atom. The van der Waals surface area contributed by atoms with Gasteiger partial charge in [0.15, 0.2) is 6.10 Å². The lowest BCUT2D eigenvalue weighted by Crippen LogP contribution is -2.36.